The summed E-state index contributed by atoms with van der Waals surface area (Å²) in [5, 5.41) is 2.55. The maximum absolute atomic E-state index is 13.6. The number of anilines is 2. The van der Waals surface area contributed by atoms with Crippen molar-refractivity contribution in [2.45, 2.75) is 11.8 Å². The van der Waals surface area contributed by atoms with Gasteiger partial charge in [-0.1, -0.05) is 29.8 Å². The van der Waals surface area contributed by atoms with Crippen LogP contribution in [0.25, 0.3) is 0 Å². The van der Waals surface area contributed by atoms with Gasteiger partial charge in [-0.2, -0.15) is 0 Å². The molecule has 3 aromatic rings. The molecule has 10 nitrogen and oxygen atoms in total. The first-order valence-electron chi connectivity index (χ1n) is 10.9. The summed E-state index contributed by atoms with van der Waals surface area (Å²) >= 11 is 0. The monoisotopic (exact) mass is 526 g/mol. The second-order valence-corrected chi connectivity index (χ2v) is 9.69. The molecule has 0 spiro atoms. The van der Waals surface area contributed by atoms with E-state index in [0.717, 1.165) is 9.87 Å². The molecule has 0 bridgehead atoms. The average Bonchev–Trinajstić information content (AvgIpc) is 2.90. The zero-order valence-electron chi connectivity index (χ0n) is 20.7. The van der Waals surface area contributed by atoms with Crippen LogP contribution in [0.1, 0.15) is 26.3 Å². The van der Waals surface area contributed by atoms with E-state index in [1.165, 1.54) is 57.7 Å². The van der Waals surface area contributed by atoms with Crippen molar-refractivity contribution in [3.05, 3.63) is 83.4 Å². The predicted octanol–water partition coefficient (Wildman–Crippen LogP) is 3.41. The summed E-state index contributed by atoms with van der Waals surface area (Å²) in [6.07, 6.45) is 0. The van der Waals surface area contributed by atoms with E-state index in [4.69, 9.17) is 14.2 Å². The third kappa shape index (κ3) is 6.25. The fourth-order valence-electron chi connectivity index (χ4n) is 3.48. The second kappa shape index (κ2) is 11.6. The van der Waals surface area contributed by atoms with E-state index in [0.29, 0.717) is 0 Å². The molecular weight excluding hydrogens is 500 g/mol. The summed E-state index contributed by atoms with van der Waals surface area (Å²) < 4.78 is 43.0. The molecule has 3 aromatic carbocycles. The van der Waals surface area contributed by atoms with Crippen molar-refractivity contribution in [3.63, 3.8) is 0 Å². The second-order valence-electron chi connectivity index (χ2n) is 7.83. The Morgan fingerprint density at radius 2 is 1.41 bits per heavy atom. The highest BCUT2D eigenvalue weighted by Gasteiger charge is 2.29. The largest absolute Gasteiger partial charge is 0.495 e. The van der Waals surface area contributed by atoms with Crippen molar-refractivity contribution in [2.75, 3.05) is 37.5 Å². The number of hydrogen-bond donors (Lipinski definition) is 1. The molecule has 0 saturated heterocycles. The lowest BCUT2D eigenvalue weighted by atomic mass is 10.1. The number of sulfonamides is 1. The van der Waals surface area contributed by atoms with Gasteiger partial charge >= 0.3 is 11.9 Å². The number of aryl methyl sites for hydroxylation is 1. The fourth-order valence-corrected chi connectivity index (χ4v) is 4.91. The van der Waals surface area contributed by atoms with E-state index in [1.54, 1.807) is 30.3 Å². The van der Waals surface area contributed by atoms with Gasteiger partial charge in [-0.05, 0) is 49.4 Å². The van der Waals surface area contributed by atoms with Crippen LogP contribution in [-0.4, -0.2) is 54.1 Å². The number of carbonyl (C=O) groups is 3. The number of ether oxygens (including phenoxy) is 3. The quantitative estimate of drug-likeness (QED) is 0.420. The highest BCUT2D eigenvalue weighted by molar-refractivity contribution is 7.92. The molecule has 0 aliphatic carbocycles. The van der Waals surface area contributed by atoms with Crippen LogP contribution >= 0.6 is 0 Å². The molecule has 0 aromatic heterocycles. The van der Waals surface area contributed by atoms with Gasteiger partial charge in [0.15, 0.2) is 0 Å². The van der Waals surface area contributed by atoms with Crippen molar-refractivity contribution in [1.82, 2.24) is 0 Å². The Morgan fingerprint density at radius 1 is 0.838 bits per heavy atom. The van der Waals surface area contributed by atoms with E-state index in [2.05, 4.69) is 5.32 Å². The zero-order chi connectivity index (χ0) is 27.2. The number of hydrogen-bond acceptors (Lipinski definition) is 8. The lowest BCUT2D eigenvalue weighted by Crippen LogP contribution is -2.38. The van der Waals surface area contributed by atoms with Gasteiger partial charge in [0.05, 0.1) is 43.0 Å². The van der Waals surface area contributed by atoms with Crippen LogP contribution in [0.15, 0.2) is 71.6 Å². The molecule has 1 N–H and O–H groups in total. The minimum atomic E-state index is -4.20. The Hall–Kier alpha value is -4.38. The summed E-state index contributed by atoms with van der Waals surface area (Å²) in [6.45, 7) is 1.19. The van der Waals surface area contributed by atoms with Crippen LogP contribution in [0.3, 0.4) is 0 Å². The molecule has 0 radical (unpaired) electrons. The molecule has 0 heterocycles. The van der Waals surface area contributed by atoms with Crippen LogP contribution in [-0.2, 0) is 24.3 Å². The van der Waals surface area contributed by atoms with E-state index in [-0.39, 0.29) is 33.1 Å². The first-order valence-corrected chi connectivity index (χ1v) is 12.4. The molecule has 194 valence electrons. The van der Waals surface area contributed by atoms with E-state index in [9.17, 15) is 22.8 Å². The summed E-state index contributed by atoms with van der Waals surface area (Å²) in [6, 6.07) is 16.5. The summed E-state index contributed by atoms with van der Waals surface area (Å²) in [7, 11) is -0.460. The van der Waals surface area contributed by atoms with E-state index >= 15 is 0 Å². The van der Waals surface area contributed by atoms with Crippen LogP contribution in [0.2, 0.25) is 0 Å². The smallest absolute Gasteiger partial charge is 0.337 e. The normalized spacial score (nSPS) is 10.8. The lowest BCUT2D eigenvalue weighted by Gasteiger charge is -2.25. The number of benzene rings is 3. The Balaban J connectivity index is 2.01. The molecule has 0 fully saturated rings. The molecule has 0 aliphatic heterocycles. The van der Waals surface area contributed by atoms with Gasteiger partial charge in [-0.15, -0.1) is 0 Å². The minimum absolute atomic E-state index is 0.00504. The third-order valence-corrected chi connectivity index (χ3v) is 7.08. The van der Waals surface area contributed by atoms with Gasteiger partial charge in [0, 0.05) is 5.69 Å². The van der Waals surface area contributed by atoms with Gasteiger partial charge < -0.3 is 19.5 Å². The summed E-state index contributed by atoms with van der Waals surface area (Å²) in [4.78, 5) is 37.3. The van der Waals surface area contributed by atoms with Gasteiger partial charge in [-0.25, -0.2) is 18.0 Å². The number of para-hydroxylation sites is 2. The molecule has 0 aliphatic rings. The van der Waals surface area contributed by atoms with Crippen LogP contribution in [0.5, 0.6) is 5.75 Å². The maximum atomic E-state index is 13.6. The average molecular weight is 527 g/mol. The topological polar surface area (TPSA) is 128 Å². The number of methoxy groups -OCH3 is 3. The molecule has 0 atom stereocenters. The highest BCUT2D eigenvalue weighted by Crippen LogP contribution is 2.32. The first kappa shape index (κ1) is 27.2. The number of amides is 1. The Kier molecular flexibility index (Phi) is 8.51. The molecule has 1 amide bonds. The maximum Gasteiger partial charge on any atom is 0.337 e. The summed E-state index contributed by atoms with van der Waals surface area (Å²) in [5.74, 6) is -1.97. The molecule has 11 heteroatoms. The summed E-state index contributed by atoms with van der Waals surface area (Å²) in [5.41, 5.74) is 1.08. The van der Waals surface area contributed by atoms with Crippen molar-refractivity contribution in [2.24, 2.45) is 0 Å². The van der Waals surface area contributed by atoms with Crippen molar-refractivity contribution < 1.29 is 37.0 Å². The Morgan fingerprint density at radius 3 is 1.95 bits per heavy atom. The Bertz CT molecular complexity index is 1380. The predicted molar refractivity (Wildman–Crippen MR) is 136 cm³/mol. The van der Waals surface area contributed by atoms with Crippen LogP contribution < -0.4 is 14.4 Å². The molecule has 37 heavy (non-hydrogen) atoms. The molecule has 0 saturated carbocycles. The van der Waals surface area contributed by atoms with Crippen molar-refractivity contribution in [3.8, 4) is 5.75 Å². The van der Waals surface area contributed by atoms with Crippen LogP contribution in [0.4, 0.5) is 11.4 Å². The zero-order valence-corrected chi connectivity index (χ0v) is 21.5. The third-order valence-electron chi connectivity index (χ3n) is 5.31. The van der Waals surface area contributed by atoms with Gasteiger partial charge in [0.25, 0.3) is 10.0 Å². The number of rotatable bonds is 9. The number of nitrogens with zero attached hydrogens (tertiary/aromatic N) is 1. The first-order chi connectivity index (χ1) is 17.6. The van der Waals surface area contributed by atoms with Gasteiger partial charge in [0.1, 0.15) is 12.3 Å². The Labute approximate surface area is 214 Å². The van der Waals surface area contributed by atoms with E-state index in [1.807, 2.05) is 6.92 Å². The van der Waals surface area contributed by atoms with Crippen molar-refractivity contribution >= 4 is 39.2 Å². The standard InChI is InChI=1S/C26H26N2O8S/c1-17-9-11-21(12-10-17)37(32,33)28(22-7-5-6-8-23(22)34-2)16-24(29)27-20-14-18(25(30)35-3)13-19(15-20)26(31)36-4/h5-15H,16H2,1-4H3,(H,27,29). The van der Waals surface area contributed by atoms with Crippen molar-refractivity contribution in [1.29, 1.82) is 0 Å². The minimum Gasteiger partial charge on any atom is -0.495 e. The number of esters is 2. The van der Waals surface area contributed by atoms with Gasteiger partial charge in [0.2, 0.25) is 5.91 Å². The fraction of sp³-hybridized carbons (Fsp3) is 0.192. The SMILES string of the molecule is COC(=O)c1cc(NC(=O)CN(c2ccccc2OC)S(=O)(=O)c2ccc(C)cc2)cc(C(=O)OC)c1. The lowest BCUT2D eigenvalue weighted by molar-refractivity contribution is -0.114. The number of nitrogens with one attached hydrogen (secondary N) is 1. The van der Waals surface area contributed by atoms with Crippen LogP contribution in [0, 0.1) is 6.92 Å². The molecule has 3 rings (SSSR count). The molecular formula is C26H26N2O8S. The number of carbonyl (C=O) groups excluding carboxylic acids is 3. The van der Waals surface area contributed by atoms with Gasteiger partial charge in [-0.3, -0.25) is 9.10 Å². The highest BCUT2D eigenvalue weighted by atomic mass is 32.2. The molecule has 0 unspecified atom stereocenters. The van der Waals surface area contributed by atoms with E-state index < -0.39 is 34.4 Å².